The van der Waals surface area contributed by atoms with E-state index in [4.69, 9.17) is 38.2 Å². The van der Waals surface area contributed by atoms with Crippen molar-refractivity contribution in [3.8, 4) is 11.1 Å². The number of nitrogens with zero attached hydrogens (tertiary/aromatic N) is 5. The maximum absolute atomic E-state index is 15.2. The van der Waals surface area contributed by atoms with Crippen LogP contribution in [-0.4, -0.2) is 86.3 Å². The third-order valence-electron chi connectivity index (χ3n) is 12.1. The third kappa shape index (κ3) is 9.92. The normalized spacial score (nSPS) is 20.2. The highest BCUT2D eigenvalue weighted by molar-refractivity contribution is 7.93. The Morgan fingerprint density at radius 3 is 2.38 bits per heavy atom. The van der Waals surface area contributed by atoms with E-state index in [2.05, 4.69) is 20.4 Å². The fourth-order valence-electron chi connectivity index (χ4n) is 8.20. The number of amidine groups is 1. The Morgan fingerprint density at radius 1 is 1.11 bits per heavy atom. The molecule has 2 aromatic heterocycles. The third-order valence-corrected chi connectivity index (χ3v) is 15.5. The molecule has 0 saturated heterocycles. The molecule has 354 valence electrons. The number of amides is 1. The Morgan fingerprint density at radius 2 is 1.76 bits per heavy atom. The van der Waals surface area contributed by atoms with Crippen molar-refractivity contribution >= 4 is 61.7 Å². The maximum atomic E-state index is 15.2. The molecule has 0 bridgehead atoms. The molecular weight excluding hydrogens is 916 g/mol. The van der Waals surface area contributed by atoms with Crippen LogP contribution >= 0.6 is 11.6 Å². The Labute approximate surface area is 381 Å². The van der Waals surface area contributed by atoms with Crippen molar-refractivity contribution in [3.63, 3.8) is 0 Å². The Kier molecular flexibility index (Phi) is 13.1. The molecule has 4 aromatic rings. The molecule has 7 rings (SSSR count). The molecule has 14 nitrogen and oxygen atoms in total. The van der Waals surface area contributed by atoms with Crippen LogP contribution < -0.4 is 16.8 Å². The standard InChI is InChI=1S/C44H48ClF6N9O5S/c1-21-19-44(50,51)37(32(21)34(52)38(48)49)55-20-31(61)57-30(17-22-15-23(46)18-24(47)16-22)35-27(8-5-25(56-35)11-12-42(2,3)66(63,64)26-6-7-26)28-9-10-29(45)33-36(28)60(4)59-39(33)58-41(54)65-40(53)43(62)13-14-43/h5,8-10,15-16,18,21,26,30,38,53,62H,6-7,11-14,17,19-20,52H2,1-4H3,(H,57,61)(H2,54,58,59)/t21-,30-/m0/s1. The number of pyridine rings is 1. The van der Waals surface area contributed by atoms with Crippen LogP contribution in [0.1, 0.15) is 82.3 Å². The van der Waals surface area contributed by atoms with Gasteiger partial charge < -0.3 is 26.6 Å². The summed E-state index contributed by atoms with van der Waals surface area (Å²) < 4.78 is 120. The molecule has 0 aliphatic heterocycles. The number of carbonyl (C=O) groups excluding carboxylic acids is 1. The van der Waals surface area contributed by atoms with E-state index >= 15 is 8.78 Å². The molecule has 0 spiro atoms. The smallest absolute Gasteiger partial charge is 0.295 e. The van der Waals surface area contributed by atoms with Gasteiger partial charge in [0.25, 0.3) is 18.4 Å². The van der Waals surface area contributed by atoms with E-state index in [9.17, 15) is 35.9 Å². The molecule has 2 aromatic carbocycles. The highest BCUT2D eigenvalue weighted by atomic mass is 35.5. The lowest BCUT2D eigenvalue weighted by molar-refractivity contribution is -0.120. The van der Waals surface area contributed by atoms with Crippen LogP contribution in [0.3, 0.4) is 0 Å². The summed E-state index contributed by atoms with van der Waals surface area (Å²) in [6.45, 7) is 3.55. The van der Waals surface area contributed by atoms with Gasteiger partial charge in [-0.05, 0) is 94.5 Å². The van der Waals surface area contributed by atoms with Crippen LogP contribution in [0.15, 0.2) is 63.7 Å². The summed E-state index contributed by atoms with van der Waals surface area (Å²) in [5.41, 5.74) is 8.91. The summed E-state index contributed by atoms with van der Waals surface area (Å²) >= 11 is 6.75. The van der Waals surface area contributed by atoms with Gasteiger partial charge in [-0.3, -0.25) is 24.9 Å². The van der Waals surface area contributed by atoms with E-state index in [1.165, 1.54) is 17.7 Å². The Hall–Kier alpha value is -5.54. The van der Waals surface area contributed by atoms with E-state index in [1.54, 1.807) is 39.1 Å². The van der Waals surface area contributed by atoms with Gasteiger partial charge in [0.1, 0.15) is 29.5 Å². The van der Waals surface area contributed by atoms with Gasteiger partial charge >= 0.3 is 0 Å². The molecule has 7 N–H and O–H groups in total. The van der Waals surface area contributed by atoms with Crippen LogP contribution in [0.5, 0.6) is 0 Å². The van der Waals surface area contributed by atoms with Crippen molar-refractivity contribution in [1.29, 1.82) is 5.41 Å². The van der Waals surface area contributed by atoms with Gasteiger partial charge in [-0.25, -0.2) is 26.0 Å². The second-order valence-electron chi connectivity index (χ2n) is 17.7. The second kappa shape index (κ2) is 17.9. The molecule has 0 radical (unpaired) electrons. The number of hydrogen-bond donors (Lipinski definition) is 5. The van der Waals surface area contributed by atoms with Gasteiger partial charge in [0.05, 0.1) is 43.4 Å². The van der Waals surface area contributed by atoms with Gasteiger partial charge in [0.15, 0.2) is 15.7 Å². The van der Waals surface area contributed by atoms with Crippen LogP contribution in [0, 0.1) is 23.0 Å². The molecule has 3 saturated carbocycles. The average molecular weight is 964 g/mol. The fourth-order valence-corrected chi connectivity index (χ4v) is 10.5. The number of fused-ring (bicyclic) bond motifs is 1. The van der Waals surface area contributed by atoms with E-state index in [0.717, 1.165) is 12.1 Å². The number of carbonyl (C=O) groups is 1. The number of aliphatic imine (C=N–C) groups is 2. The first kappa shape index (κ1) is 48.4. The summed E-state index contributed by atoms with van der Waals surface area (Å²) in [4.78, 5) is 26.9. The SMILES string of the molecule is C[C@H]1CC(F)(F)C(=NCC(=O)N[C@@H](Cc2cc(F)cc(F)c2)c2nc(CCC(C)(C)S(=O)(=O)C3CC3)ccc2-c2ccc(Cl)c3c(N=C(N)OC(=N)C4(O)CC4)nn(C)c23)C1=C(N)C(F)F. The molecular formula is C44H48ClF6N9O5S. The highest BCUT2D eigenvalue weighted by Gasteiger charge is 2.50. The first-order valence-corrected chi connectivity index (χ1v) is 22.9. The topological polar surface area (TPSA) is 224 Å². The number of sulfone groups is 1. The first-order valence-electron chi connectivity index (χ1n) is 21.0. The van der Waals surface area contributed by atoms with Gasteiger partial charge in [0, 0.05) is 41.9 Å². The summed E-state index contributed by atoms with van der Waals surface area (Å²) in [5.74, 6) is -8.23. The average Bonchev–Trinajstić information content (AvgIpc) is 4.16. The molecule has 2 heterocycles. The summed E-state index contributed by atoms with van der Waals surface area (Å²) in [7, 11) is -1.95. The zero-order valence-electron chi connectivity index (χ0n) is 36.2. The van der Waals surface area contributed by atoms with E-state index in [1.807, 2.05) is 0 Å². The van der Waals surface area contributed by atoms with Gasteiger partial charge in [-0.2, -0.15) is 18.9 Å². The van der Waals surface area contributed by atoms with Crippen molar-refractivity contribution in [2.24, 2.45) is 34.4 Å². The molecule has 22 heteroatoms. The van der Waals surface area contributed by atoms with Crippen molar-refractivity contribution in [1.82, 2.24) is 20.1 Å². The molecule has 3 aliphatic carbocycles. The minimum absolute atomic E-state index is 0.0420. The number of aliphatic hydroxyl groups is 1. The minimum atomic E-state index is -3.69. The van der Waals surface area contributed by atoms with Crippen LogP contribution in [0.2, 0.25) is 5.02 Å². The van der Waals surface area contributed by atoms with E-state index in [-0.39, 0.29) is 46.7 Å². The van der Waals surface area contributed by atoms with E-state index in [0.29, 0.717) is 54.1 Å². The number of halogens is 7. The number of ether oxygens (including phenoxy) is 1. The molecule has 2 atom stereocenters. The summed E-state index contributed by atoms with van der Waals surface area (Å²) in [6.07, 6.45) is -2.49. The highest BCUT2D eigenvalue weighted by Crippen LogP contribution is 2.44. The number of benzene rings is 2. The number of allylic oxidation sites excluding steroid dienone is 2. The number of rotatable bonds is 15. The largest absolute Gasteiger partial charge is 0.408 e. The second-order valence-corrected chi connectivity index (χ2v) is 20.9. The van der Waals surface area contributed by atoms with E-state index < -0.39 is 109 Å². The number of aromatic nitrogens is 3. The van der Waals surface area contributed by atoms with Gasteiger partial charge in [0.2, 0.25) is 11.8 Å². The Balaban J connectivity index is 1.35. The number of hydrogen-bond acceptors (Lipinski definition) is 11. The van der Waals surface area contributed by atoms with Crippen LogP contribution in [0.4, 0.5) is 32.2 Å². The number of nitrogens with one attached hydrogen (secondary N) is 2. The lowest BCUT2D eigenvalue weighted by Crippen LogP contribution is -2.35. The molecule has 1 amide bonds. The monoisotopic (exact) mass is 963 g/mol. The molecule has 3 aliphatic rings. The Bertz CT molecular complexity index is 2800. The zero-order valence-corrected chi connectivity index (χ0v) is 37.8. The maximum Gasteiger partial charge on any atom is 0.295 e. The van der Waals surface area contributed by atoms with Crippen molar-refractivity contribution in [2.45, 2.75) is 106 Å². The summed E-state index contributed by atoms with van der Waals surface area (Å²) in [5, 5.41) is 25.5. The number of nitrogens with two attached hydrogens (primary N) is 2. The quantitative estimate of drug-likeness (QED) is 0.0457. The minimum Gasteiger partial charge on any atom is -0.408 e. The summed E-state index contributed by atoms with van der Waals surface area (Å²) in [6, 6.07) is 7.29. The van der Waals surface area contributed by atoms with Gasteiger partial charge in [-0.1, -0.05) is 30.7 Å². The number of aryl methyl sites for hydroxylation is 2. The van der Waals surface area contributed by atoms with Crippen molar-refractivity contribution in [2.75, 3.05) is 6.54 Å². The number of alkyl halides is 4. The fraction of sp³-hybridized carbons (Fsp3) is 0.455. The van der Waals surface area contributed by atoms with Crippen LogP contribution in [-0.2, 0) is 39.3 Å². The first-order chi connectivity index (χ1) is 30.8. The van der Waals surface area contributed by atoms with Crippen LogP contribution in [0.25, 0.3) is 22.0 Å². The van der Waals surface area contributed by atoms with Crippen molar-refractivity contribution in [3.05, 3.63) is 87.3 Å². The molecule has 66 heavy (non-hydrogen) atoms. The van der Waals surface area contributed by atoms with Gasteiger partial charge in [-0.15, -0.1) is 0 Å². The lowest BCUT2D eigenvalue weighted by Gasteiger charge is -2.26. The predicted molar refractivity (Wildman–Crippen MR) is 237 cm³/mol. The zero-order chi connectivity index (χ0) is 48.3. The molecule has 0 unspecified atom stereocenters. The lowest BCUT2D eigenvalue weighted by atomic mass is 9.93. The predicted octanol–water partition coefficient (Wildman–Crippen LogP) is 7.31. The molecule has 3 fully saturated rings. The van der Waals surface area contributed by atoms with Crippen molar-refractivity contribution < 1.29 is 49.4 Å².